The van der Waals surface area contributed by atoms with Gasteiger partial charge in [-0.05, 0) is 36.8 Å². The molecule has 5 heteroatoms. The van der Waals surface area contributed by atoms with Gasteiger partial charge in [-0.15, -0.1) is 0 Å². The van der Waals surface area contributed by atoms with Crippen LogP contribution in [0.25, 0.3) is 0 Å². The topological polar surface area (TPSA) is 31.4 Å². The van der Waals surface area contributed by atoms with Crippen molar-refractivity contribution in [2.45, 2.75) is 23.1 Å². The van der Waals surface area contributed by atoms with Crippen LogP contribution >= 0.6 is 23.4 Å². The van der Waals surface area contributed by atoms with E-state index in [1.165, 1.54) is 0 Å². The van der Waals surface area contributed by atoms with E-state index < -0.39 is 0 Å². The summed E-state index contributed by atoms with van der Waals surface area (Å²) in [4.78, 5) is 6.26. The molecule has 3 rings (SSSR count). The van der Waals surface area contributed by atoms with Gasteiger partial charge in [-0.25, -0.2) is 4.98 Å². The van der Waals surface area contributed by atoms with Crippen LogP contribution in [-0.2, 0) is 0 Å². The molecule has 3 nitrogen and oxygen atoms in total. The minimum atomic E-state index is 0.507. The van der Waals surface area contributed by atoms with Crippen molar-refractivity contribution in [3.63, 3.8) is 0 Å². The first-order valence-corrected chi connectivity index (χ1v) is 7.61. The zero-order chi connectivity index (χ0) is 13.9. The van der Waals surface area contributed by atoms with Gasteiger partial charge < -0.3 is 9.47 Å². The number of ether oxygens (including phenoxy) is 2. The lowest BCUT2D eigenvalue weighted by Gasteiger charge is -2.10. The smallest absolute Gasteiger partial charge is 0.162 e. The quantitative estimate of drug-likeness (QED) is 0.772. The van der Waals surface area contributed by atoms with Gasteiger partial charge >= 0.3 is 0 Å². The lowest BCUT2D eigenvalue weighted by molar-refractivity contribution is 0.297. The van der Waals surface area contributed by atoms with Crippen LogP contribution in [0.5, 0.6) is 11.5 Å². The summed E-state index contributed by atoms with van der Waals surface area (Å²) in [6.07, 6.45) is 2.70. The number of hydrogen-bond acceptors (Lipinski definition) is 4. The first-order valence-electron chi connectivity index (χ1n) is 6.42. The number of pyridine rings is 1. The molecule has 0 N–H and O–H groups in total. The molecule has 0 radical (unpaired) electrons. The van der Waals surface area contributed by atoms with Gasteiger partial charge in [0.1, 0.15) is 5.15 Å². The van der Waals surface area contributed by atoms with Gasteiger partial charge in [0, 0.05) is 22.4 Å². The van der Waals surface area contributed by atoms with Gasteiger partial charge in [0.15, 0.2) is 11.5 Å². The van der Waals surface area contributed by atoms with Gasteiger partial charge in [-0.2, -0.15) is 0 Å². The number of hydrogen-bond donors (Lipinski definition) is 0. The fraction of sp³-hybridized carbons (Fsp3) is 0.267. The van der Waals surface area contributed by atoms with Gasteiger partial charge in [0.2, 0.25) is 0 Å². The molecule has 2 heterocycles. The molecule has 2 aromatic rings. The molecule has 0 saturated heterocycles. The van der Waals surface area contributed by atoms with E-state index in [0.29, 0.717) is 18.4 Å². The maximum Gasteiger partial charge on any atom is 0.162 e. The summed E-state index contributed by atoms with van der Waals surface area (Å²) >= 11 is 7.60. The molecule has 0 fully saturated rings. The summed E-state index contributed by atoms with van der Waals surface area (Å²) in [6, 6.07) is 7.89. The largest absolute Gasteiger partial charge is 0.490 e. The Labute approximate surface area is 127 Å². The molecular formula is C15H14ClNO2S. The molecule has 0 bridgehead atoms. The average molecular weight is 308 g/mol. The van der Waals surface area contributed by atoms with Crippen molar-refractivity contribution >= 4 is 23.4 Å². The summed E-state index contributed by atoms with van der Waals surface area (Å²) < 4.78 is 11.3. The fourth-order valence-electron chi connectivity index (χ4n) is 1.93. The summed E-state index contributed by atoms with van der Waals surface area (Å²) in [6.45, 7) is 3.43. The number of halogens is 1. The third-order valence-corrected chi connectivity index (χ3v) is 4.32. The summed E-state index contributed by atoms with van der Waals surface area (Å²) in [5, 5.41) is 0.507. The molecule has 0 unspecified atom stereocenters. The number of rotatable bonds is 2. The molecule has 0 atom stereocenters. The van der Waals surface area contributed by atoms with Crippen molar-refractivity contribution < 1.29 is 9.47 Å². The molecule has 0 amide bonds. The Bertz CT molecular complexity index is 633. The Kier molecular flexibility index (Phi) is 4.03. The molecule has 0 saturated carbocycles. The molecule has 0 spiro atoms. The van der Waals surface area contributed by atoms with Crippen LogP contribution < -0.4 is 9.47 Å². The highest BCUT2D eigenvalue weighted by Gasteiger charge is 2.12. The zero-order valence-electron chi connectivity index (χ0n) is 11.1. The highest BCUT2D eigenvalue weighted by molar-refractivity contribution is 7.99. The average Bonchev–Trinajstić information content (AvgIpc) is 2.67. The van der Waals surface area contributed by atoms with E-state index in [2.05, 4.69) is 4.98 Å². The normalized spacial score (nSPS) is 13.9. The SMILES string of the molecule is Cc1cnc(Cl)cc1Sc1ccc2c(c1)OCCCO2. The summed E-state index contributed by atoms with van der Waals surface area (Å²) in [7, 11) is 0. The van der Waals surface area contributed by atoms with Crippen LogP contribution in [0.4, 0.5) is 0 Å². The summed E-state index contributed by atoms with van der Waals surface area (Å²) in [5.74, 6) is 1.63. The number of nitrogens with zero attached hydrogens (tertiary/aromatic N) is 1. The zero-order valence-corrected chi connectivity index (χ0v) is 12.6. The van der Waals surface area contributed by atoms with Crippen LogP contribution in [0.1, 0.15) is 12.0 Å². The molecule has 1 aliphatic rings. The maximum absolute atomic E-state index is 5.95. The van der Waals surface area contributed by atoms with Gasteiger partial charge in [0.25, 0.3) is 0 Å². The Balaban J connectivity index is 1.87. The second-order valence-corrected chi connectivity index (χ2v) is 6.04. The van der Waals surface area contributed by atoms with Crippen LogP contribution in [0.15, 0.2) is 40.3 Å². The molecule has 104 valence electrons. The molecule has 20 heavy (non-hydrogen) atoms. The third kappa shape index (κ3) is 3.02. The standard InChI is InChI=1S/C15H14ClNO2S/c1-10-9-17-15(16)8-14(10)20-11-3-4-12-13(7-11)19-6-2-5-18-12/h3-4,7-9H,2,5-6H2,1H3. The molecule has 1 aromatic heterocycles. The number of benzene rings is 1. The Morgan fingerprint density at radius 2 is 1.95 bits per heavy atom. The first-order chi connectivity index (χ1) is 9.72. The van der Waals surface area contributed by atoms with Crippen molar-refractivity contribution in [2.75, 3.05) is 13.2 Å². The van der Waals surface area contributed by atoms with Gasteiger partial charge in [-0.1, -0.05) is 23.4 Å². The second kappa shape index (κ2) is 5.94. The minimum absolute atomic E-state index is 0.507. The van der Waals surface area contributed by atoms with Crippen LogP contribution in [0, 0.1) is 6.92 Å². The Morgan fingerprint density at radius 3 is 2.80 bits per heavy atom. The molecule has 1 aliphatic heterocycles. The second-order valence-electron chi connectivity index (χ2n) is 4.53. The third-order valence-electron chi connectivity index (χ3n) is 2.97. The van der Waals surface area contributed by atoms with Crippen molar-refractivity contribution in [3.05, 3.63) is 41.2 Å². The molecule has 0 aliphatic carbocycles. The number of aromatic nitrogens is 1. The van der Waals surface area contributed by atoms with Crippen molar-refractivity contribution in [1.29, 1.82) is 0 Å². The van der Waals surface area contributed by atoms with Gasteiger partial charge in [-0.3, -0.25) is 0 Å². The number of fused-ring (bicyclic) bond motifs is 1. The van der Waals surface area contributed by atoms with E-state index in [9.17, 15) is 0 Å². The van der Waals surface area contributed by atoms with Crippen molar-refractivity contribution in [1.82, 2.24) is 4.98 Å². The monoisotopic (exact) mass is 307 g/mol. The van der Waals surface area contributed by atoms with Gasteiger partial charge in [0.05, 0.1) is 13.2 Å². The van der Waals surface area contributed by atoms with E-state index in [0.717, 1.165) is 33.3 Å². The van der Waals surface area contributed by atoms with E-state index >= 15 is 0 Å². The van der Waals surface area contributed by atoms with Crippen LogP contribution in [-0.4, -0.2) is 18.2 Å². The maximum atomic E-state index is 5.95. The van der Waals surface area contributed by atoms with Crippen LogP contribution in [0.2, 0.25) is 5.15 Å². The lowest BCUT2D eigenvalue weighted by atomic mass is 10.3. The van der Waals surface area contributed by atoms with E-state index in [1.54, 1.807) is 18.0 Å². The van der Waals surface area contributed by atoms with E-state index in [4.69, 9.17) is 21.1 Å². The van der Waals surface area contributed by atoms with E-state index in [1.807, 2.05) is 31.2 Å². The lowest BCUT2D eigenvalue weighted by Crippen LogP contribution is -1.97. The van der Waals surface area contributed by atoms with Crippen molar-refractivity contribution in [3.8, 4) is 11.5 Å². The van der Waals surface area contributed by atoms with E-state index in [-0.39, 0.29) is 0 Å². The minimum Gasteiger partial charge on any atom is -0.490 e. The molecular weight excluding hydrogens is 294 g/mol. The Morgan fingerprint density at radius 1 is 1.15 bits per heavy atom. The highest BCUT2D eigenvalue weighted by atomic mass is 35.5. The fourth-order valence-corrected chi connectivity index (χ4v) is 3.09. The predicted molar refractivity (Wildman–Crippen MR) is 80.2 cm³/mol. The molecule has 1 aromatic carbocycles. The summed E-state index contributed by atoms with van der Waals surface area (Å²) in [5.41, 5.74) is 1.10. The highest BCUT2D eigenvalue weighted by Crippen LogP contribution is 2.37. The Hall–Kier alpha value is -1.39. The van der Waals surface area contributed by atoms with Crippen LogP contribution in [0.3, 0.4) is 0 Å². The predicted octanol–water partition coefficient (Wildman–Crippen LogP) is 4.36. The van der Waals surface area contributed by atoms with Crippen molar-refractivity contribution in [2.24, 2.45) is 0 Å². The number of aryl methyl sites for hydroxylation is 1. The first kappa shape index (κ1) is 13.6.